The Kier molecular flexibility index (Phi) is 3.61. The van der Waals surface area contributed by atoms with Gasteiger partial charge in [-0.05, 0) is 11.6 Å². The van der Waals surface area contributed by atoms with Gasteiger partial charge in [0.1, 0.15) is 0 Å². The molecule has 0 fully saturated rings. The van der Waals surface area contributed by atoms with Crippen molar-refractivity contribution in [2.24, 2.45) is 5.10 Å². The topological polar surface area (TPSA) is 24.4 Å². The summed E-state index contributed by atoms with van der Waals surface area (Å²) in [5, 5.41) is 4.67. The maximum atomic E-state index is 5.92. The number of rotatable bonds is 3. The van der Waals surface area contributed by atoms with Gasteiger partial charge >= 0.3 is 0 Å². The molecule has 0 atom stereocenters. The van der Waals surface area contributed by atoms with Crippen LogP contribution in [0.2, 0.25) is 5.02 Å². The molecule has 0 aliphatic carbocycles. The van der Waals surface area contributed by atoms with E-state index >= 15 is 0 Å². The van der Waals surface area contributed by atoms with Crippen molar-refractivity contribution in [1.29, 1.82) is 0 Å². The summed E-state index contributed by atoms with van der Waals surface area (Å²) in [6, 6.07) is 7.75. The molecule has 0 amide bonds. The Morgan fingerprint density at radius 3 is 2.92 bits per heavy atom. The Hall–Kier alpha value is -1.02. The molecule has 1 aromatic carbocycles. The SMILES string of the molecule is CN/N=C\Cc1ccccc1Cl. The minimum absolute atomic E-state index is 0.764. The predicted molar refractivity (Wildman–Crippen MR) is 52.7 cm³/mol. The van der Waals surface area contributed by atoms with Gasteiger partial charge in [-0.25, -0.2) is 0 Å². The Morgan fingerprint density at radius 1 is 1.50 bits per heavy atom. The third kappa shape index (κ3) is 2.55. The summed E-state index contributed by atoms with van der Waals surface area (Å²) in [6.07, 6.45) is 2.56. The van der Waals surface area contributed by atoms with E-state index in [0.717, 1.165) is 17.0 Å². The molecule has 0 unspecified atom stereocenters. The summed E-state index contributed by atoms with van der Waals surface area (Å²) >= 11 is 5.92. The van der Waals surface area contributed by atoms with Gasteiger partial charge in [-0.1, -0.05) is 29.8 Å². The van der Waals surface area contributed by atoms with E-state index in [1.807, 2.05) is 24.3 Å². The molecule has 0 aliphatic heterocycles. The van der Waals surface area contributed by atoms with Crippen LogP contribution in [0.1, 0.15) is 5.56 Å². The summed E-state index contributed by atoms with van der Waals surface area (Å²) in [5.41, 5.74) is 3.78. The minimum atomic E-state index is 0.764. The van der Waals surface area contributed by atoms with Crippen LogP contribution in [0.15, 0.2) is 29.4 Å². The van der Waals surface area contributed by atoms with Gasteiger partial charge in [0.2, 0.25) is 0 Å². The maximum absolute atomic E-state index is 5.92. The molecule has 0 spiro atoms. The van der Waals surface area contributed by atoms with E-state index in [1.165, 1.54) is 0 Å². The van der Waals surface area contributed by atoms with E-state index in [0.29, 0.717) is 0 Å². The zero-order chi connectivity index (χ0) is 8.81. The Bertz CT molecular complexity index is 271. The van der Waals surface area contributed by atoms with Crippen LogP contribution in [0.25, 0.3) is 0 Å². The van der Waals surface area contributed by atoms with E-state index in [9.17, 15) is 0 Å². The number of nitrogens with zero attached hydrogens (tertiary/aromatic N) is 1. The van der Waals surface area contributed by atoms with E-state index in [2.05, 4.69) is 10.5 Å². The molecule has 0 radical (unpaired) electrons. The second-order valence-electron chi connectivity index (χ2n) is 2.33. The molecule has 12 heavy (non-hydrogen) atoms. The summed E-state index contributed by atoms with van der Waals surface area (Å²) in [5.74, 6) is 0. The van der Waals surface area contributed by atoms with Crippen molar-refractivity contribution in [2.75, 3.05) is 7.05 Å². The average molecular weight is 183 g/mol. The summed E-state index contributed by atoms with van der Waals surface area (Å²) < 4.78 is 0. The van der Waals surface area contributed by atoms with E-state index in [1.54, 1.807) is 13.3 Å². The van der Waals surface area contributed by atoms with Crippen molar-refractivity contribution in [1.82, 2.24) is 5.43 Å². The van der Waals surface area contributed by atoms with Crippen molar-refractivity contribution in [3.8, 4) is 0 Å². The third-order valence-corrected chi connectivity index (χ3v) is 1.86. The maximum Gasteiger partial charge on any atom is 0.0441 e. The molecule has 2 nitrogen and oxygen atoms in total. The van der Waals surface area contributed by atoms with Crippen molar-refractivity contribution < 1.29 is 0 Å². The smallest absolute Gasteiger partial charge is 0.0441 e. The monoisotopic (exact) mass is 182 g/mol. The molecular formula is C9H11ClN2. The second-order valence-corrected chi connectivity index (χ2v) is 2.74. The van der Waals surface area contributed by atoms with Gasteiger partial charge in [0.15, 0.2) is 0 Å². The zero-order valence-electron chi connectivity index (χ0n) is 6.92. The molecule has 0 aliphatic rings. The molecule has 0 heterocycles. The number of benzene rings is 1. The van der Waals surface area contributed by atoms with Crippen LogP contribution < -0.4 is 5.43 Å². The van der Waals surface area contributed by atoms with Crippen LogP contribution in [0.4, 0.5) is 0 Å². The highest BCUT2D eigenvalue weighted by molar-refractivity contribution is 6.31. The van der Waals surface area contributed by atoms with Crippen molar-refractivity contribution in [3.63, 3.8) is 0 Å². The van der Waals surface area contributed by atoms with Gasteiger partial charge in [0, 0.05) is 24.7 Å². The minimum Gasteiger partial charge on any atom is -0.313 e. The largest absolute Gasteiger partial charge is 0.313 e. The molecule has 0 saturated carbocycles. The first-order valence-electron chi connectivity index (χ1n) is 3.76. The molecule has 0 bridgehead atoms. The first-order chi connectivity index (χ1) is 5.84. The standard InChI is InChI=1S/C9H11ClN2/c1-11-12-7-6-8-4-2-3-5-9(8)10/h2-5,7,11H,6H2,1H3/b12-7-. The molecule has 64 valence electrons. The Balaban J connectivity index is 2.63. The summed E-state index contributed by atoms with van der Waals surface area (Å²) in [7, 11) is 1.77. The van der Waals surface area contributed by atoms with Gasteiger partial charge in [-0.3, -0.25) is 0 Å². The zero-order valence-corrected chi connectivity index (χ0v) is 7.67. The highest BCUT2D eigenvalue weighted by Gasteiger charge is 1.94. The highest BCUT2D eigenvalue weighted by Crippen LogP contribution is 2.14. The molecule has 1 aromatic rings. The highest BCUT2D eigenvalue weighted by atomic mass is 35.5. The van der Waals surface area contributed by atoms with Crippen LogP contribution >= 0.6 is 11.6 Å². The van der Waals surface area contributed by atoms with Gasteiger partial charge < -0.3 is 5.43 Å². The van der Waals surface area contributed by atoms with Crippen molar-refractivity contribution in [2.45, 2.75) is 6.42 Å². The van der Waals surface area contributed by atoms with Gasteiger partial charge in [0.05, 0.1) is 0 Å². The van der Waals surface area contributed by atoms with Crippen LogP contribution in [0, 0.1) is 0 Å². The fraction of sp³-hybridized carbons (Fsp3) is 0.222. The molecule has 1 rings (SSSR count). The molecule has 3 heteroatoms. The lowest BCUT2D eigenvalue weighted by Gasteiger charge is -1.97. The molecule has 1 N–H and O–H groups in total. The van der Waals surface area contributed by atoms with Crippen LogP contribution in [-0.4, -0.2) is 13.3 Å². The second kappa shape index (κ2) is 4.78. The van der Waals surface area contributed by atoms with Crippen LogP contribution in [-0.2, 0) is 6.42 Å². The third-order valence-electron chi connectivity index (χ3n) is 1.49. The number of hydrazone groups is 1. The van der Waals surface area contributed by atoms with Crippen molar-refractivity contribution in [3.05, 3.63) is 34.9 Å². The summed E-state index contributed by atoms with van der Waals surface area (Å²) in [6.45, 7) is 0. The lowest BCUT2D eigenvalue weighted by Crippen LogP contribution is -1.96. The number of hydrogen-bond acceptors (Lipinski definition) is 2. The number of hydrogen-bond donors (Lipinski definition) is 1. The van der Waals surface area contributed by atoms with Crippen molar-refractivity contribution >= 4 is 17.8 Å². The van der Waals surface area contributed by atoms with Gasteiger partial charge in [0.25, 0.3) is 0 Å². The lowest BCUT2D eigenvalue weighted by molar-refractivity contribution is 0.903. The number of halogens is 1. The normalized spacial score (nSPS) is 10.5. The molecular weight excluding hydrogens is 172 g/mol. The predicted octanol–water partition coefficient (Wildman–Crippen LogP) is 2.09. The fourth-order valence-corrected chi connectivity index (χ4v) is 1.11. The average Bonchev–Trinajstić information content (AvgIpc) is 2.09. The Labute approximate surface area is 77.2 Å². The van der Waals surface area contributed by atoms with E-state index < -0.39 is 0 Å². The van der Waals surface area contributed by atoms with Crippen LogP contribution in [0.5, 0.6) is 0 Å². The lowest BCUT2D eigenvalue weighted by atomic mass is 10.2. The summed E-state index contributed by atoms with van der Waals surface area (Å²) in [4.78, 5) is 0. The van der Waals surface area contributed by atoms with Gasteiger partial charge in [-0.15, -0.1) is 0 Å². The van der Waals surface area contributed by atoms with E-state index in [-0.39, 0.29) is 0 Å². The molecule has 0 aromatic heterocycles. The first-order valence-corrected chi connectivity index (χ1v) is 4.14. The fourth-order valence-electron chi connectivity index (χ4n) is 0.899. The van der Waals surface area contributed by atoms with E-state index in [4.69, 9.17) is 11.6 Å². The van der Waals surface area contributed by atoms with Gasteiger partial charge in [-0.2, -0.15) is 5.10 Å². The molecule has 0 saturated heterocycles. The number of nitrogens with one attached hydrogen (secondary N) is 1. The Morgan fingerprint density at radius 2 is 2.25 bits per heavy atom. The quantitative estimate of drug-likeness (QED) is 0.562. The van der Waals surface area contributed by atoms with Crippen LogP contribution in [0.3, 0.4) is 0 Å². The first kappa shape index (κ1) is 9.07.